The Balaban J connectivity index is 3.23. The first-order valence-corrected chi connectivity index (χ1v) is 5.66. The van der Waals surface area contributed by atoms with Crippen molar-refractivity contribution in [1.82, 2.24) is 5.32 Å². The van der Waals surface area contributed by atoms with E-state index >= 15 is 0 Å². The smallest absolute Gasteiger partial charge is 0.332 e. The zero-order valence-electron chi connectivity index (χ0n) is 10.5. The van der Waals surface area contributed by atoms with E-state index in [2.05, 4.69) is 12.2 Å². The fourth-order valence-corrected chi connectivity index (χ4v) is 1.13. The van der Waals surface area contributed by atoms with Crippen LogP contribution in [0.15, 0.2) is 0 Å². The third-order valence-corrected chi connectivity index (χ3v) is 2.02. The normalized spacial score (nSPS) is 12.4. The lowest BCUT2D eigenvalue weighted by atomic mass is 10.2. The topological polar surface area (TPSA) is 56.8 Å². The standard InChI is InChI=1S/C11H23NO4/c1-4-16-11(13)9-15-8-6-12-10(2)5-7-14-3/h10,12H,4-9H2,1-3H3. The third kappa shape index (κ3) is 9.89. The van der Waals surface area contributed by atoms with Crippen molar-refractivity contribution >= 4 is 5.97 Å². The predicted molar refractivity (Wildman–Crippen MR) is 61.4 cm³/mol. The molecule has 16 heavy (non-hydrogen) atoms. The molecule has 5 nitrogen and oxygen atoms in total. The van der Waals surface area contributed by atoms with E-state index in [1.165, 1.54) is 0 Å². The number of hydrogen-bond acceptors (Lipinski definition) is 5. The summed E-state index contributed by atoms with van der Waals surface area (Å²) in [6.07, 6.45) is 0.967. The largest absolute Gasteiger partial charge is 0.464 e. The molecule has 0 aromatic heterocycles. The van der Waals surface area contributed by atoms with Gasteiger partial charge in [0.15, 0.2) is 0 Å². The van der Waals surface area contributed by atoms with Crippen molar-refractivity contribution < 1.29 is 19.0 Å². The Hall–Kier alpha value is -0.650. The second-order valence-corrected chi connectivity index (χ2v) is 3.49. The molecule has 0 spiro atoms. The summed E-state index contributed by atoms with van der Waals surface area (Å²) in [7, 11) is 1.69. The fourth-order valence-electron chi connectivity index (χ4n) is 1.13. The molecule has 0 heterocycles. The molecular formula is C11H23NO4. The molecule has 0 aliphatic heterocycles. The van der Waals surface area contributed by atoms with Gasteiger partial charge in [-0.15, -0.1) is 0 Å². The Morgan fingerprint density at radius 3 is 2.75 bits per heavy atom. The summed E-state index contributed by atoms with van der Waals surface area (Å²) >= 11 is 0. The molecule has 1 atom stereocenters. The van der Waals surface area contributed by atoms with Gasteiger partial charge in [0.2, 0.25) is 0 Å². The van der Waals surface area contributed by atoms with Gasteiger partial charge in [0.1, 0.15) is 6.61 Å². The Bertz CT molecular complexity index is 175. The highest BCUT2D eigenvalue weighted by Gasteiger charge is 2.02. The number of rotatable bonds is 10. The minimum atomic E-state index is -0.310. The highest BCUT2D eigenvalue weighted by Crippen LogP contribution is 1.90. The molecule has 0 fully saturated rings. The maximum atomic E-state index is 10.9. The molecular weight excluding hydrogens is 210 g/mol. The number of methoxy groups -OCH3 is 1. The monoisotopic (exact) mass is 233 g/mol. The maximum absolute atomic E-state index is 10.9. The maximum Gasteiger partial charge on any atom is 0.332 e. The lowest BCUT2D eigenvalue weighted by Crippen LogP contribution is -2.31. The van der Waals surface area contributed by atoms with Crippen molar-refractivity contribution in [3.05, 3.63) is 0 Å². The molecule has 5 heteroatoms. The molecule has 0 aromatic carbocycles. The number of hydrogen-bond donors (Lipinski definition) is 1. The second kappa shape index (κ2) is 10.9. The summed E-state index contributed by atoms with van der Waals surface area (Å²) in [6.45, 7) is 6.27. The van der Waals surface area contributed by atoms with Crippen molar-refractivity contribution in [3.8, 4) is 0 Å². The molecule has 0 saturated carbocycles. The van der Waals surface area contributed by atoms with Gasteiger partial charge in [-0.25, -0.2) is 4.79 Å². The Kier molecular flexibility index (Phi) is 10.4. The van der Waals surface area contributed by atoms with E-state index < -0.39 is 0 Å². The third-order valence-electron chi connectivity index (χ3n) is 2.02. The van der Waals surface area contributed by atoms with E-state index in [0.717, 1.165) is 19.6 Å². The number of nitrogens with one attached hydrogen (secondary N) is 1. The van der Waals surface area contributed by atoms with Crippen molar-refractivity contribution in [2.75, 3.05) is 40.1 Å². The minimum absolute atomic E-state index is 0.0297. The number of carbonyl (C=O) groups is 1. The molecule has 0 amide bonds. The molecule has 0 bridgehead atoms. The van der Waals surface area contributed by atoms with Gasteiger partial charge in [0, 0.05) is 26.3 Å². The van der Waals surface area contributed by atoms with Gasteiger partial charge in [-0.05, 0) is 20.3 Å². The molecule has 96 valence electrons. The van der Waals surface area contributed by atoms with Crippen LogP contribution in [-0.4, -0.2) is 52.1 Å². The van der Waals surface area contributed by atoms with Gasteiger partial charge in [-0.1, -0.05) is 0 Å². The zero-order chi connectivity index (χ0) is 12.2. The molecule has 1 unspecified atom stereocenters. The van der Waals surface area contributed by atoms with Crippen molar-refractivity contribution in [2.45, 2.75) is 26.3 Å². The molecule has 0 aliphatic carbocycles. The average molecular weight is 233 g/mol. The van der Waals surface area contributed by atoms with Gasteiger partial charge in [-0.2, -0.15) is 0 Å². The fraction of sp³-hybridized carbons (Fsp3) is 0.909. The summed E-state index contributed by atoms with van der Waals surface area (Å²) in [5.74, 6) is -0.310. The summed E-state index contributed by atoms with van der Waals surface area (Å²) in [5.41, 5.74) is 0. The van der Waals surface area contributed by atoms with Gasteiger partial charge in [0.25, 0.3) is 0 Å². The first kappa shape index (κ1) is 15.3. The van der Waals surface area contributed by atoms with Crippen LogP contribution in [-0.2, 0) is 19.0 Å². The van der Waals surface area contributed by atoms with E-state index in [-0.39, 0.29) is 12.6 Å². The van der Waals surface area contributed by atoms with Crippen LogP contribution in [0, 0.1) is 0 Å². The summed E-state index contributed by atoms with van der Waals surface area (Å²) < 4.78 is 14.8. The molecule has 0 aromatic rings. The van der Waals surface area contributed by atoms with E-state index in [4.69, 9.17) is 14.2 Å². The SMILES string of the molecule is CCOC(=O)COCCNC(C)CCOC. The van der Waals surface area contributed by atoms with Crippen LogP contribution < -0.4 is 5.32 Å². The van der Waals surface area contributed by atoms with Crippen molar-refractivity contribution in [3.63, 3.8) is 0 Å². The molecule has 0 aliphatic rings. The number of carbonyl (C=O) groups excluding carboxylic acids is 1. The predicted octanol–water partition coefficient (Wildman–Crippen LogP) is 0.581. The highest BCUT2D eigenvalue weighted by atomic mass is 16.6. The van der Waals surface area contributed by atoms with Crippen LogP contribution in [0.2, 0.25) is 0 Å². The van der Waals surface area contributed by atoms with Crippen LogP contribution >= 0.6 is 0 Å². The molecule has 0 radical (unpaired) electrons. The van der Waals surface area contributed by atoms with E-state index in [0.29, 0.717) is 19.3 Å². The van der Waals surface area contributed by atoms with E-state index in [1.54, 1.807) is 14.0 Å². The first-order chi connectivity index (χ1) is 7.70. The first-order valence-electron chi connectivity index (χ1n) is 5.66. The number of esters is 1. The summed E-state index contributed by atoms with van der Waals surface area (Å²) in [5, 5.41) is 3.27. The van der Waals surface area contributed by atoms with Gasteiger partial charge >= 0.3 is 5.97 Å². The van der Waals surface area contributed by atoms with E-state index in [9.17, 15) is 4.79 Å². The van der Waals surface area contributed by atoms with Crippen LogP contribution in [0.25, 0.3) is 0 Å². The van der Waals surface area contributed by atoms with Gasteiger partial charge in [0.05, 0.1) is 13.2 Å². The van der Waals surface area contributed by atoms with Crippen LogP contribution in [0.1, 0.15) is 20.3 Å². The molecule has 0 saturated heterocycles. The summed E-state index contributed by atoms with van der Waals surface area (Å²) in [4.78, 5) is 10.9. The van der Waals surface area contributed by atoms with Crippen LogP contribution in [0.4, 0.5) is 0 Å². The van der Waals surface area contributed by atoms with E-state index in [1.807, 2.05) is 0 Å². The lowest BCUT2D eigenvalue weighted by molar-refractivity contribution is -0.148. The Morgan fingerprint density at radius 1 is 1.38 bits per heavy atom. The quantitative estimate of drug-likeness (QED) is 0.442. The Labute approximate surface area is 97.4 Å². The molecule has 0 rings (SSSR count). The average Bonchev–Trinajstić information content (AvgIpc) is 2.26. The lowest BCUT2D eigenvalue weighted by Gasteiger charge is -2.12. The van der Waals surface area contributed by atoms with Crippen molar-refractivity contribution in [2.24, 2.45) is 0 Å². The van der Waals surface area contributed by atoms with Crippen molar-refractivity contribution in [1.29, 1.82) is 0 Å². The van der Waals surface area contributed by atoms with Crippen LogP contribution in [0.5, 0.6) is 0 Å². The Morgan fingerprint density at radius 2 is 2.12 bits per heavy atom. The molecule has 1 N–H and O–H groups in total. The number of ether oxygens (including phenoxy) is 3. The minimum Gasteiger partial charge on any atom is -0.464 e. The highest BCUT2D eigenvalue weighted by molar-refractivity contribution is 5.70. The van der Waals surface area contributed by atoms with Gasteiger partial charge in [-0.3, -0.25) is 0 Å². The zero-order valence-corrected chi connectivity index (χ0v) is 10.5. The van der Waals surface area contributed by atoms with Gasteiger partial charge < -0.3 is 19.5 Å². The van der Waals surface area contributed by atoms with Crippen LogP contribution in [0.3, 0.4) is 0 Å². The second-order valence-electron chi connectivity index (χ2n) is 3.49. The summed E-state index contributed by atoms with van der Waals surface area (Å²) in [6, 6.07) is 0.395.